The molecule has 2 aromatic rings. The number of hydrogen-bond acceptors (Lipinski definition) is 4. The number of aryl methyl sites for hydroxylation is 3. The Morgan fingerprint density at radius 2 is 1.83 bits per heavy atom. The third-order valence-electron chi connectivity index (χ3n) is 2.68. The number of thiazole rings is 1. The Labute approximate surface area is 112 Å². The molecule has 0 radical (unpaired) electrons. The van der Waals surface area contributed by atoms with Gasteiger partial charge in [-0.2, -0.15) is 0 Å². The van der Waals surface area contributed by atoms with Crippen molar-refractivity contribution < 1.29 is 4.74 Å². The molecule has 2 rings (SSSR count). The Morgan fingerprint density at radius 1 is 1.17 bits per heavy atom. The smallest absolute Gasteiger partial charge is 0.140 e. The Hall–Kier alpha value is -1.39. The summed E-state index contributed by atoms with van der Waals surface area (Å²) in [6, 6.07) is 6.21. The van der Waals surface area contributed by atoms with E-state index in [0.29, 0.717) is 13.2 Å². The van der Waals surface area contributed by atoms with Crippen LogP contribution in [0.1, 0.15) is 26.7 Å². The highest BCUT2D eigenvalue weighted by molar-refractivity contribution is 7.11. The first-order chi connectivity index (χ1) is 8.58. The first-order valence-electron chi connectivity index (χ1n) is 5.95. The van der Waals surface area contributed by atoms with E-state index < -0.39 is 0 Å². The minimum Gasteiger partial charge on any atom is -0.486 e. The molecule has 18 heavy (non-hydrogen) atoms. The van der Waals surface area contributed by atoms with E-state index in [1.54, 1.807) is 11.3 Å². The van der Waals surface area contributed by atoms with E-state index in [9.17, 15) is 0 Å². The molecule has 0 aliphatic heterocycles. The summed E-state index contributed by atoms with van der Waals surface area (Å²) >= 11 is 1.63. The van der Waals surface area contributed by atoms with E-state index in [4.69, 9.17) is 10.5 Å². The lowest BCUT2D eigenvalue weighted by atomic mass is 10.1. The highest BCUT2D eigenvalue weighted by Crippen LogP contribution is 2.21. The zero-order chi connectivity index (χ0) is 13.1. The van der Waals surface area contributed by atoms with Gasteiger partial charge in [0, 0.05) is 11.4 Å². The van der Waals surface area contributed by atoms with Crippen molar-refractivity contribution in [2.24, 2.45) is 5.73 Å². The van der Waals surface area contributed by atoms with Crippen LogP contribution in [-0.2, 0) is 13.2 Å². The lowest BCUT2D eigenvalue weighted by Gasteiger charge is -2.06. The largest absolute Gasteiger partial charge is 0.486 e. The van der Waals surface area contributed by atoms with Crippen LogP contribution < -0.4 is 10.5 Å². The fourth-order valence-corrected chi connectivity index (χ4v) is 2.76. The number of ether oxygens (including phenoxy) is 1. The van der Waals surface area contributed by atoms with Gasteiger partial charge in [0.05, 0.1) is 5.69 Å². The molecule has 4 heteroatoms. The zero-order valence-electron chi connectivity index (χ0n) is 11.0. The van der Waals surface area contributed by atoms with Crippen molar-refractivity contribution in [3.8, 4) is 5.75 Å². The van der Waals surface area contributed by atoms with E-state index in [0.717, 1.165) is 21.3 Å². The van der Waals surface area contributed by atoms with E-state index in [1.807, 2.05) is 19.1 Å². The van der Waals surface area contributed by atoms with E-state index in [2.05, 4.69) is 24.9 Å². The summed E-state index contributed by atoms with van der Waals surface area (Å²) in [4.78, 5) is 5.59. The summed E-state index contributed by atoms with van der Waals surface area (Å²) in [5, 5.41) is 0.979. The van der Waals surface area contributed by atoms with Crippen molar-refractivity contribution in [3.63, 3.8) is 0 Å². The van der Waals surface area contributed by atoms with Gasteiger partial charge < -0.3 is 10.5 Å². The maximum atomic E-state index is 5.77. The molecule has 0 saturated carbocycles. The topological polar surface area (TPSA) is 48.1 Å². The van der Waals surface area contributed by atoms with Gasteiger partial charge in [0.15, 0.2) is 0 Å². The zero-order valence-corrected chi connectivity index (χ0v) is 11.8. The molecule has 0 atom stereocenters. The third-order valence-corrected chi connectivity index (χ3v) is 3.83. The van der Waals surface area contributed by atoms with Gasteiger partial charge in [-0.3, -0.25) is 0 Å². The highest BCUT2D eigenvalue weighted by atomic mass is 32.1. The van der Waals surface area contributed by atoms with Gasteiger partial charge in [-0.25, -0.2) is 4.98 Å². The number of rotatable bonds is 4. The SMILES string of the molecule is Cc1cc(C)cc(OCc2nc(C)c(CN)s2)c1. The highest BCUT2D eigenvalue weighted by Gasteiger charge is 2.06. The van der Waals surface area contributed by atoms with Crippen molar-refractivity contribution in [2.75, 3.05) is 0 Å². The van der Waals surface area contributed by atoms with Crippen molar-refractivity contribution in [2.45, 2.75) is 33.9 Å². The van der Waals surface area contributed by atoms with Crippen LogP contribution in [0.4, 0.5) is 0 Å². The molecule has 0 aliphatic rings. The molecule has 0 aliphatic carbocycles. The average molecular weight is 262 g/mol. The standard InChI is InChI=1S/C14H18N2OS/c1-9-4-10(2)6-12(5-9)17-8-14-16-11(3)13(7-15)18-14/h4-6H,7-8,15H2,1-3H3. The molecule has 1 aromatic heterocycles. The second-order valence-electron chi connectivity index (χ2n) is 4.43. The monoisotopic (exact) mass is 262 g/mol. The lowest BCUT2D eigenvalue weighted by molar-refractivity contribution is 0.305. The van der Waals surface area contributed by atoms with Crippen LogP contribution in [0.25, 0.3) is 0 Å². The lowest BCUT2D eigenvalue weighted by Crippen LogP contribution is -1.95. The Balaban J connectivity index is 2.06. The van der Waals surface area contributed by atoms with E-state index in [1.165, 1.54) is 11.1 Å². The first-order valence-corrected chi connectivity index (χ1v) is 6.76. The van der Waals surface area contributed by atoms with Crippen molar-refractivity contribution in [1.82, 2.24) is 4.98 Å². The number of nitrogens with two attached hydrogens (primary N) is 1. The molecule has 0 saturated heterocycles. The van der Waals surface area contributed by atoms with Gasteiger partial charge in [0.25, 0.3) is 0 Å². The van der Waals surface area contributed by atoms with Gasteiger partial charge in [0.1, 0.15) is 17.4 Å². The fourth-order valence-electron chi connectivity index (χ4n) is 1.90. The Kier molecular flexibility index (Phi) is 3.99. The molecule has 0 fully saturated rings. The maximum Gasteiger partial charge on any atom is 0.140 e. The summed E-state index contributed by atoms with van der Waals surface area (Å²) in [6.07, 6.45) is 0. The van der Waals surface area contributed by atoms with Gasteiger partial charge >= 0.3 is 0 Å². The second-order valence-corrected chi connectivity index (χ2v) is 5.60. The number of benzene rings is 1. The molecule has 0 bridgehead atoms. The van der Waals surface area contributed by atoms with Crippen molar-refractivity contribution in [3.05, 3.63) is 44.9 Å². The Morgan fingerprint density at radius 3 is 2.39 bits per heavy atom. The molecule has 0 unspecified atom stereocenters. The first kappa shape index (κ1) is 13.1. The minimum atomic E-state index is 0.508. The molecule has 0 amide bonds. The molecule has 0 spiro atoms. The van der Waals surface area contributed by atoms with Gasteiger partial charge in [0.2, 0.25) is 0 Å². The average Bonchev–Trinajstić information content (AvgIpc) is 2.66. The molecule has 1 aromatic carbocycles. The molecule has 96 valence electrons. The van der Waals surface area contributed by atoms with Crippen LogP contribution in [0.5, 0.6) is 5.75 Å². The van der Waals surface area contributed by atoms with Crippen LogP contribution in [0.15, 0.2) is 18.2 Å². The quantitative estimate of drug-likeness (QED) is 0.921. The van der Waals surface area contributed by atoms with Crippen LogP contribution >= 0.6 is 11.3 Å². The Bertz CT molecular complexity index is 528. The maximum absolute atomic E-state index is 5.77. The molecular formula is C14H18N2OS. The number of aromatic nitrogens is 1. The third kappa shape index (κ3) is 3.09. The van der Waals surface area contributed by atoms with Gasteiger partial charge in [-0.1, -0.05) is 6.07 Å². The van der Waals surface area contributed by atoms with E-state index in [-0.39, 0.29) is 0 Å². The summed E-state index contributed by atoms with van der Waals surface area (Å²) in [6.45, 7) is 7.18. The predicted octanol–water partition coefficient (Wildman–Crippen LogP) is 3.11. The normalized spacial score (nSPS) is 10.7. The minimum absolute atomic E-state index is 0.508. The van der Waals surface area contributed by atoms with Crippen LogP contribution in [-0.4, -0.2) is 4.98 Å². The van der Waals surface area contributed by atoms with Crippen molar-refractivity contribution >= 4 is 11.3 Å². The van der Waals surface area contributed by atoms with Crippen molar-refractivity contribution in [1.29, 1.82) is 0 Å². The summed E-state index contributed by atoms with van der Waals surface area (Å²) < 4.78 is 5.77. The second kappa shape index (κ2) is 5.50. The van der Waals surface area contributed by atoms with Gasteiger partial charge in [-0.15, -0.1) is 11.3 Å². The molecule has 1 heterocycles. The van der Waals surface area contributed by atoms with Crippen LogP contribution in [0.3, 0.4) is 0 Å². The number of nitrogens with zero attached hydrogens (tertiary/aromatic N) is 1. The number of hydrogen-bond donors (Lipinski definition) is 1. The van der Waals surface area contributed by atoms with E-state index >= 15 is 0 Å². The van der Waals surface area contributed by atoms with Gasteiger partial charge in [-0.05, 0) is 44.0 Å². The summed E-state index contributed by atoms with van der Waals surface area (Å²) in [5.41, 5.74) is 9.08. The van der Waals surface area contributed by atoms with Crippen LogP contribution in [0, 0.1) is 20.8 Å². The predicted molar refractivity (Wildman–Crippen MR) is 75.0 cm³/mol. The summed E-state index contributed by atoms with van der Waals surface area (Å²) in [5.74, 6) is 0.898. The fraction of sp³-hybridized carbons (Fsp3) is 0.357. The molecular weight excluding hydrogens is 244 g/mol. The summed E-state index contributed by atoms with van der Waals surface area (Å²) in [7, 11) is 0. The molecule has 3 nitrogen and oxygen atoms in total. The van der Waals surface area contributed by atoms with Crippen LogP contribution in [0.2, 0.25) is 0 Å². The molecule has 2 N–H and O–H groups in total.